The van der Waals surface area contributed by atoms with Crippen LogP contribution in [0, 0.1) is 0 Å². The minimum atomic E-state index is -0.680. The minimum Gasteiger partial charge on any atom is -0.350 e. The quantitative estimate of drug-likeness (QED) is 0.206. The van der Waals surface area contributed by atoms with Gasteiger partial charge in [-0.05, 0) is 55.2 Å². The van der Waals surface area contributed by atoms with Gasteiger partial charge in [0, 0.05) is 35.3 Å². The summed E-state index contributed by atoms with van der Waals surface area (Å²) in [6.45, 7) is 6.22. The second kappa shape index (κ2) is 13.6. The fourth-order valence-electron chi connectivity index (χ4n) is 4.93. The van der Waals surface area contributed by atoms with Gasteiger partial charge in [-0.1, -0.05) is 119 Å². The fraction of sp³-hybridized carbons (Fsp3) is 0.257. The van der Waals surface area contributed by atoms with E-state index in [0.717, 1.165) is 26.7 Å². The van der Waals surface area contributed by atoms with Crippen LogP contribution in [0.4, 0.5) is 0 Å². The molecule has 4 aromatic carbocycles. The first-order valence-electron chi connectivity index (χ1n) is 13.7. The Morgan fingerprint density at radius 2 is 1.27 bits per heavy atom. The molecule has 0 aromatic heterocycles. The molecule has 2 amide bonds. The SMILES string of the molecule is CC(C)(C)NC(=O)[C@@H](Cc1ccccc1)N(Cc1cccc(Br)c1)C(=O)CC(c1ccccc1)c1ccccc1. The van der Waals surface area contributed by atoms with Gasteiger partial charge in [0.05, 0.1) is 0 Å². The maximum Gasteiger partial charge on any atom is 0.243 e. The third-order valence-corrected chi connectivity index (χ3v) is 7.29. The van der Waals surface area contributed by atoms with Crippen molar-refractivity contribution in [2.24, 2.45) is 0 Å². The normalized spacial score (nSPS) is 12.1. The highest BCUT2D eigenvalue weighted by atomic mass is 79.9. The minimum absolute atomic E-state index is 0.0670. The second-order valence-corrected chi connectivity index (χ2v) is 12.1. The smallest absolute Gasteiger partial charge is 0.243 e. The predicted octanol–water partition coefficient (Wildman–Crippen LogP) is 7.53. The number of carbonyl (C=O) groups is 2. The molecule has 0 saturated heterocycles. The van der Waals surface area contributed by atoms with Crippen molar-refractivity contribution in [1.29, 1.82) is 0 Å². The molecule has 0 heterocycles. The summed E-state index contributed by atoms with van der Waals surface area (Å²) in [5, 5.41) is 3.15. The number of nitrogens with one attached hydrogen (secondary N) is 1. The van der Waals surface area contributed by atoms with Crippen LogP contribution in [0.5, 0.6) is 0 Å². The molecule has 1 atom stereocenters. The van der Waals surface area contributed by atoms with E-state index in [9.17, 15) is 9.59 Å². The zero-order chi connectivity index (χ0) is 28.5. The van der Waals surface area contributed by atoms with E-state index < -0.39 is 11.6 Å². The first-order valence-corrected chi connectivity index (χ1v) is 14.5. The number of amides is 2. The first kappa shape index (κ1) is 29.3. The lowest BCUT2D eigenvalue weighted by atomic mass is 9.87. The first-order chi connectivity index (χ1) is 19.2. The van der Waals surface area contributed by atoms with Gasteiger partial charge in [-0.15, -0.1) is 0 Å². The predicted molar refractivity (Wildman–Crippen MR) is 166 cm³/mol. The molecule has 4 aromatic rings. The average molecular weight is 598 g/mol. The van der Waals surface area contributed by atoms with E-state index in [-0.39, 0.29) is 24.2 Å². The molecule has 0 aliphatic carbocycles. The van der Waals surface area contributed by atoms with Gasteiger partial charge < -0.3 is 10.2 Å². The molecular weight excluding hydrogens is 560 g/mol. The highest BCUT2D eigenvalue weighted by Crippen LogP contribution is 2.30. The van der Waals surface area contributed by atoms with Crippen LogP contribution in [0.3, 0.4) is 0 Å². The van der Waals surface area contributed by atoms with Crippen molar-refractivity contribution in [2.75, 3.05) is 0 Å². The van der Waals surface area contributed by atoms with Crippen molar-refractivity contribution in [3.05, 3.63) is 142 Å². The van der Waals surface area contributed by atoms with Gasteiger partial charge in [-0.3, -0.25) is 9.59 Å². The van der Waals surface area contributed by atoms with Crippen molar-refractivity contribution >= 4 is 27.7 Å². The Bertz CT molecular complexity index is 1350. The summed E-state index contributed by atoms with van der Waals surface area (Å²) in [7, 11) is 0. The molecule has 0 radical (unpaired) electrons. The molecule has 206 valence electrons. The number of benzene rings is 4. The summed E-state index contributed by atoms with van der Waals surface area (Å²) in [4.78, 5) is 30.1. The topological polar surface area (TPSA) is 49.4 Å². The summed E-state index contributed by atoms with van der Waals surface area (Å²) < 4.78 is 0.933. The number of hydrogen-bond acceptors (Lipinski definition) is 2. The standard InChI is InChI=1S/C35H37BrN2O2/c1-35(2,3)37-34(40)32(23-26-14-7-4-8-15-26)38(25-27-16-13-21-30(36)22-27)33(39)24-31(28-17-9-5-10-18-28)29-19-11-6-12-20-29/h4-22,31-32H,23-25H2,1-3H3,(H,37,40)/t32-/m1/s1. The largest absolute Gasteiger partial charge is 0.350 e. The van der Waals surface area contributed by atoms with Gasteiger partial charge in [0.15, 0.2) is 0 Å². The number of halogens is 1. The molecule has 4 nitrogen and oxygen atoms in total. The lowest BCUT2D eigenvalue weighted by Crippen LogP contribution is -2.54. The number of carbonyl (C=O) groups excluding carboxylic acids is 2. The molecule has 5 heteroatoms. The molecule has 0 unspecified atom stereocenters. The highest BCUT2D eigenvalue weighted by Gasteiger charge is 2.33. The van der Waals surface area contributed by atoms with Crippen molar-refractivity contribution < 1.29 is 9.59 Å². The van der Waals surface area contributed by atoms with Crippen LogP contribution in [0.2, 0.25) is 0 Å². The second-order valence-electron chi connectivity index (χ2n) is 11.2. The van der Waals surface area contributed by atoms with Crippen LogP contribution in [-0.2, 0) is 22.6 Å². The molecule has 40 heavy (non-hydrogen) atoms. The Morgan fingerprint density at radius 3 is 1.80 bits per heavy atom. The van der Waals surface area contributed by atoms with E-state index >= 15 is 0 Å². The van der Waals surface area contributed by atoms with Gasteiger partial charge >= 0.3 is 0 Å². The van der Waals surface area contributed by atoms with Crippen LogP contribution in [0.1, 0.15) is 55.4 Å². The molecular formula is C35H37BrN2O2. The third kappa shape index (κ3) is 8.40. The summed E-state index contributed by atoms with van der Waals surface area (Å²) in [6.07, 6.45) is 0.667. The maximum atomic E-state index is 14.4. The van der Waals surface area contributed by atoms with Gasteiger partial charge in [-0.25, -0.2) is 0 Å². The van der Waals surface area contributed by atoms with Gasteiger partial charge in [0.25, 0.3) is 0 Å². The van der Waals surface area contributed by atoms with E-state index in [4.69, 9.17) is 0 Å². The van der Waals surface area contributed by atoms with E-state index in [1.54, 1.807) is 4.90 Å². The van der Waals surface area contributed by atoms with Crippen molar-refractivity contribution in [3.8, 4) is 0 Å². The van der Waals surface area contributed by atoms with E-state index in [1.807, 2.05) is 112 Å². The lowest BCUT2D eigenvalue weighted by molar-refractivity contribution is -0.142. The Kier molecular flexibility index (Phi) is 9.94. The Balaban J connectivity index is 1.75. The maximum absolute atomic E-state index is 14.4. The van der Waals surface area contributed by atoms with E-state index in [2.05, 4.69) is 45.5 Å². The molecule has 0 aliphatic heterocycles. The van der Waals surface area contributed by atoms with Crippen LogP contribution >= 0.6 is 15.9 Å². The lowest BCUT2D eigenvalue weighted by Gasteiger charge is -2.35. The molecule has 1 N–H and O–H groups in total. The fourth-order valence-corrected chi connectivity index (χ4v) is 5.38. The Labute approximate surface area is 246 Å². The summed E-state index contributed by atoms with van der Waals surface area (Å²) in [5.41, 5.74) is 3.67. The van der Waals surface area contributed by atoms with E-state index in [0.29, 0.717) is 13.0 Å². The number of rotatable bonds is 10. The molecule has 0 saturated carbocycles. The molecule has 0 spiro atoms. The Morgan fingerprint density at radius 1 is 0.750 bits per heavy atom. The van der Waals surface area contributed by atoms with Crippen molar-refractivity contribution in [3.63, 3.8) is 0 Å². The average Bonchev–Trinajstić information content (AvgIpc) is 2.94. The van der Waals surface area contributed by atoms with Crippen molar-refractivity contribution in [1.82, 2.24) is 10.2 Å². The third-order valence-electron chi connectivity index (χ3n) is 6.79. The van der Waals surface area contributed by atoms with Crippen LogP contribution in [-0.4, -0.2) is 28.3 Å². The summed E-state index contributed by atoms with van der Waals surface area (Å²) >= 11 is 3.57. The zero-order valence-corrected chi connectivity index (χ0v) is 25.0. The van der Waals surface area contributed by atoms with Crippen molar-refractivity contribution in [2.45, 2.75) is 57.7 Å². The molecule has 0 bridgehead atoms. The molecule has 4 rings (SSSR count). The van der Waals surface area contributed by atoms with Gasteiger partial charge in [-0.2, -0.15) is 0 Å². The van der Waals surface area contributed by atoms with Crippen LogP contribution < -0.4 is 5.32 Å². The van der Waals surface area contributed by atoms with E-state index in [1.165, 1.54) is 0 Å². The van der Waals surface area contributed by atoms with Crippen LogP contribution in [0.15, 0.2) is 120 Å². The van der Waals surface area contributed by atoms with Crippen LogP contribution in [0.25, 0.3) is 0 Å². The monoisotopic (exact) mass is 596 g/mol. The molecule has 0 fully saturated rings. The molecule has 0 aliphatic rings. The number of hydrogen-bond donors (Lipinski definition) is 1. The van der Waals surface area contributed by atoms with Gasteiger partial charge in [0.1, 0.15) is 6.04 Å². The Hall–Kier alpha value is -3.70. The summed E-state index contributed by atoms with van der Waals surface area (Å²) in [5.74, 6) is -0.360. The summed E-state index contributed by atoms with van der Waals surface area (Å²) in [6, 6.07) is 37.4. The zero-order valence-electron chi connectivity index (χ0n) is 23.4. The number of nitrogens with zero attached hydrogens (tertiary/aromatic N) is 1. The highest BCUT2D eigenvalue weighted by molar-refractivity contribution is 9.10. The van der Waals surface area contributed by atoms with Gasteiger partial charge in [0.2, 0.25) is 11.8 Å².